The van der Waals surface area contributed by atoms with Gasteiger partial charge in [0.15, 0.2) is 11.5 Å². The number of hydrogen-bond donors (Lipinski definition) is 1. The van der Waals surface area contributed by atoms with Crippen molar-refractivity contribution in [1.29, 1.82) is 0 Å². The standard InChI is InChI=1S/C12H13N3O4S/c1-18-11-2-8(4-13)10(15(16)17)3-12(11)19-5-9-6-20-7-14-9/h2-3,6-7H,4-5,13H2,1H3. The molecule has 0 amide bonds. The lowest BCUT2D eigenvalue weighted by Crippen LogP contribution is -2.05. The Bertz CT molecular complexity index is 601. The highest BCUT2D eigenvalue weighted by molar-refractivity contribution is 7.07. The molecule has 0 bridgehead atoms. The fourth-order valence-corrected chi connectivity index (χ4v) is 2.20. The number of aromatic nitrogens is 1. The molecule has 0 saturated heterocycles. The number of methoxy groups -OCH3 is 1. The summed E-state index contributed by atoms with van der Waals surface area (Å²) in [7, 11) is 1.47. The van der Waals surface area contributed by atoms with Crippen LogP contribution in [0.4, 0.5) is 5.69 Å². The number of benzene rings is 1. The Morgan fingerprint density at radius 1 is 1.45 bits per heavy atom. The second-order valence-corrected chi connectivity index (χ2v) is 4.58. The largest absolute Gasteiger partial charge is 0.493 e. The Morgan fingerprint density at radius 3 is 2.80 bits per heavy atom. The van der Waals surface area contributed by atoms with Gasteiger partial charge in [0, 0.05) is 17.5 Å². The SMILES string of the molecule is COc1cc(CN)c([N+](=O)[O-])cc1OCc1cscn1. The van der Waals surface area contributed by atoms with Crippen molar-refractivity contribution in [1.82, 2.24) is 4.98 Å². The van der Waals surface area contributed by atoms with Crippen molar-refractivity contribution in [2.24, 2.45) is 5.73 Å². The summed E-state index contributed by atoms with van der Waals surface area (Å²) >= 11 is 1.45. The molecule has 1 aromatic carbocycles. The van der Waals surface area contributed by atoms with Crippen LogP contribution in [-0.4, -0.2) is 17.0 Å². The molecule has 7 nitrogen and oxygen atoms in total. The van der Waals surface area contributed by atoms with Gasteiger partial charge in [-0.2, -0.15) is 0 Å². The average molecular weight is 295 g/mol. The van der Waals surface area contributed by atoms with Crippen LogP contribution in [0.15, 0.2) is 23.0 Å². The Hall–Kier alpha value is -2.19. The third-order valence-electron chi connectivity index (χ3n) is 2.64. The van der Waals surface area contributed by atoms with Crippen LogP contribution in [-0.2, 0) is 13.2 Å². The van der Waals surface area contributed by atoms with Crippen molar-refractivity contribution >= 4 is 17.0 Å². The number of hydrogen-bond acceptors (Lipinski definition) is 7. The van der Waals surface area contributed by atoms with E-state index in [2.05, 4.69) is 4.98 Å². The van der Waals surface area contributed by atoms with Gasteiger partial charge in [-0.3, -0.25) is 10.1 Å². The van der Waals surface area contributed by atoms with Crippen molar-refractivity contribution in [2.45, 2.75) is 13.2 Å². The maximum atomic E-state index is 11.0. The number of nitro benzene ring substituents is 1. The van der Waals surface area contributed by atoms with Gasteiger partial charge in [0.1, 0.15) is 6.61 Å². The first-order valence-electron chi connectivity index (χ1n) is 5.71. The van der Waals surface area contributed by atoms with E-state index < -0.39 is 4.92 Å². The van der Waals surface area contributed by atoms with Gasteiger partial charge < -0.3 is 15.2 Å². The fraction of sp³-hybridized carbons (Fsp3) is 0.250. The molecule has 0 aliphatic heterocycles. The van der Waals surface area contributed by atoms with Crippen molar-refractivity contribution in [3.8, 4) is 11.5 Å². The molecule has 1 heterocycles. The molecular weight excluding hydrogens is 282 g/mol. The molecular formula is C12H13N3O4S. The molecule has 0 fully saturated rings. The summed E-state index contributed by atoms with van der Waals surface area (Å²) in [6.07, 6.45) is 0. The molecule has 106 valence electrons. The van der Waals surface area contributed by atoms with E-state index in [0.29, 0.717) is 17.1 Å². The molecule has 8 heteroatoms. The molecule has 2 rings (SSSR count). The topological polar surface area (TPSA) is 101 Å². The molecule has 0 atom stereocenters. The third kappa shape index (κ3) is 3.03. The van der Waals surface area contributed by atoms with Gasteiger partial charge in [-0.25, -0.2) is 4.98 Å². The molecule has 0 aliphatic carbocycles. The Balaban J connectivity index is 2.30. The van der Waals surface area contributed by atoms with Gasteiger partial charge >= 0.3 is 0 Å². The number of nitro groups is 1. The Labute approximate surface area is 119 Å². The summed E-state index contributed by atoms with van der Waals surface area (Å²) in [4.78, 5) is 14.6. The number of nitrogens with zero attached hydrogens (tertiary/aromatic N) is 2. The van der Waals surface area contributed by atoms with Gasteiger partial charge in [-0.15, -0.1) is 11.3 Å². The Morgan fingerprint density at radius 2 is 2.25 bits per heavy atom. The van der Waals surface area contributed by atoms with E-state index in [1.807, 2.05) is 5.38 Å². The minimum atomic E-state index is -0.489. The van der Waals surface area contributed by atoms with Gasteiger partial charge in [-0.05, 0) is 6.07 Å². The molecule has 1 aromatic heterocycles. The highest BCUT2D eigenvalue weighted by Gasteiger charge is 2.19. The lowest BCUT2D eigenvalue weighted by molar-refractivity contribution is -0.385. The van der Waals surface area contributed by atoms with Crippen LogP contribution in [0.2, 0.25) is 0 Å². The van der Waals surface area contributed by atoms with E-state index in [4.69, 9.17) is 15.2 Å². The molecule has 2 aromatic rings. The summed E-state index contributed by atoms with van der Waals surface area (Å²) in [5.41, 5.74) is 8.26. The van der Waals surface area contributed by atoms with Crippen LogP contribution < -0.4 is 15.2 Å². The molecule has 0 unspecified atom stereocenters. The fourth-order valence-electron chi connectivity index (χ4n) is 1.66. The van der Waals surface area contributed by atoms with Crippen LogP contribution in [0.3, 0.4) is 0 Å². The van der Waals surface area contributed by atoms with E-state index in [1.165, 1.54) is 30.6 Å². The van der Waals surface area contributed by atoms with Crippen molar-refractivity contribution in [3.63, 3.8) is 0 Å². The molecule has 20 heavy (non-hydrogen) atoms. The van der Waals surface area contributed by atoms with Crippen LogP contribution in [0.5, 0.6) is 11.5 Å². The summed E-state index contributed by atoms with van der Waals surface area (Å²) < 4.78 is 10.7. The Kier molecular flexibility index (Phi) is 4.49. The molecule has 0 spiro atoms. The van der Waals surface area contributed by atoms with Gasteiger partial charge in [0.25, 0.3) is 5.69 Å². The maximum absolute atomic E-state index is 11.0. The zero-order valence-electron chi connectivity index (χ0n) is 10.7. The minimum Gasteiger partial charge on any atom is -0.493 e. The third-order valence-corrected chi connectivity index (χ3v) is 3.28. The highest BCUT2D eigenvalue weighted by atomic mass is 32.1. The number of thiazole rings is 1. The van der Waals surface area contributed by atoms with Gasteiger partial charge in [0.2, 0.25) is 0 Å². The number of nitrogens with two attached hydrogens (primary N) is 1. The summed E-state index contributed by atoms with van der Waals surface area (Å²) in [5.74, 6) is 0.704. The first-order valence-corrected chi connectivity index (χ1v) is 6.65. The summed E-state index contributed by atoms with van der Waals surface area (Å²) in [6, 6.07) is 2.85. The zero-order chi connectivity index (χ0) is 14.5. The van der Waals surface area contributed by atoms with Crippen LogP contribution in [0, 0.1) is 10.1 Å². The molecule has 0 saturated carbocycles. The van der Waals surface area contributed by atoms with Crippen molar-refractivity contribution in [3.05, 3.63) is 44.4 Å². The van der Waals surface area contributed by atoms with E-state index >= 15 is 0 Å². The van der Waals surface area contributed by atoms with Crippen LogP contribution in [0.25, 0.3) is 0 Å². The van der Waals surface area contributed by atoms with E-state index in [1.54, 1.807) is 5.51 Å². The second kappa shape index (κ2) is 6.31. The normalized spacial score (nSPS) is 10.3. The monoisotopic (exact) mass is 295 g/mol. The summed E-state index contributed by atoms with van der Waals surface area (Å²) in [6.45, 7) is 0.276. The molecule has 2 N–H and O–H groups in total. The lowest BCUT2D eigenvalue weighted by Gasteiger charge is -2.11. The summed E-state index contributed by atoms with van der Waals surface area (Å²) in [5, 5.41) is 12.9. The molecule has 0 aliphatic rings. The second-order valence-electron chi connectivity index (χ2n) is 3.86. The zero-order valence-corrected chi connectivity index (χ0v) is 11.6. The van der Waals surface area contributed by atoms with Crippen molar-refractivity contribution < 1.29 is 14.4 Å². The smallest absolute Gasteiger partial charge is 0.277 e. The first-order chi connectivity index (χ1) is 9.65. The van der Waals surface area contributed by atoms with E-state index in [-0.39, 0.29) is 18.8 Å². The van der Waals surface area contributed by atoms with Crippen LogP contribution >= 0.6 is 11.3 Å². The number of rotatable bonds is 6. The predicted molar refractivity (Wildman–Crippen MR) is 74.0 cm³/mol. The average Bonchev–Trinajstić information content (AvgIpc) is 2.97. The molecule has 0 radical (unpaired) electrons. The quantitative estimate of drug-likeness (QED) is 0.647. The van der Waals surface area contributed by atoms with Crippen molar-refractivity contribution in [2.75, 3.05) is 7.11 Å². The van der Waals surface area contributed by atoms with E-state index in [0.717, 1.165) is 5.69 Å². The lowest BCUT2D eigenvalue weighted by atomic mass is 10.1. The van der Waals surface area contributed by atoms with E-state index in [9.17, 15) is 10.1 Å². The highest BCUT2D eigenvalue weighted by Crippen LogP contribution is 2.35. The first kappa shape index (κ1) is 14.2. The minimum absolute atomic E-state index is 0.0546. The van der Waals surface area contributed by atoms with Gasteiger partial charge in [0.05, 0.1) is 29.3 Å². The number of ether oxygens (including phenoxy) is 2. The maximum Gasteiger partial charge on any atom is 0.277 e. The van der Waals surface area contributed by atoms with Crippen LogP contribution in [0.1, 0.15) is 11.3 Å². The van der Waals surface area contributed by atoms with Gasteiger partial charge in [-0.1, -0.05) is 0 Å². The predicted octanol–water partition coefficient (Wildman–Crippen LogP) is 2.10.